The Morgan fingerprint density at radius 1 is 1.22 bits per heavy atom. The van der Waals surface area contributed by atoms with Crippen molar-refractivity contribution >= 4 is 22.4 Å². The van der Waals surface area contributed by atoms with Crippen LogP contribution >= 0.6 is 0 Å². The van der Waals surface area contributed by atoms with Crippen LogP contribution in [0.15, 0.2) is 42.5 Å². The molecule has 0 saturated heterocycles. The molecule has 3 rings (SSSR count). The van der Waals surface area contributed by atoms with Crippen LogP contribution in [0.1, 0.15) is 23.1 Å². The van der Waals surface area contributed by atoms with Gasteiger partial charge in [-0.15, -0.1) is 0 Å². The molecular formula is C18H19N3O2. The molecule has 0 radical (unpaired) electrons. The molecule has 0 aliphatic rings. The topological polar surface area (TPSA) is 56.2 Å². The highest BCUT2D eigenvalue weighted by Gasteiger charge is 2.14. The maximum Gasteiger partial charge on any atom is 0.276 e. The standard InChI is InChI=1S/C18H19N3O2/c1-4-21-12(2)11-16(20-21)18(22)19-15-9-10-17(23-3)14-8-6-5-7-13(14)15/h5-11H,4H2,1-3H3,(H,19,22). The number of methoxy groups -OCH3 is 1. The zero-order chi connectivity index (χ0) is 16.4. The Kier molecular flexibility index (Phi) is 4.02. The highest BCUT2D eigenvalue weighted by atomic mass is 16.5. The largest absolute Gasteiger partial charge is 0.496 e. The van der Waals surface area contributed by atoms with E-state index in [1.165, 1.54) is 0 Å². The number of hydrogen-bond acceptors (Lipinski definition) is 3. The first-order valence-electron chi connectivity index (χ1n) is 7.55. The van der Waals surface area contributed by atoms with Crippen molar-refractivity contribution in [3.63, 3.8) is 0 Å². The fourth-order valence-corrected chi connectivity index (χ4v) is 2.69. The third-order valence-corrected chi connectivity index (χ3v) is 3.87. The number of carbonyl (C=O) groups excluding carboxylic acids is 1. The number of ether oxygens (including phenoxy) is 1. The molecule has 0 fully saturated rings. The summed E-state index contributed by atoms with van der Waals surface area (Å²) in [6.07, 6.45) is 0. The van der Waals surface area contributed by atoms with E-state index >= 15 is 0 Å². The van der Waals surface area contributed by atoms with Crippen molar-refractivity contribution in [2.45, 2.75) is 20.4 Å². The van der Waals surface area contributed by atoms with Crippen LogP contribution in [0.3, 0.4) is 0 Å². The van der Waals surface area contributed by atoms with Crippen molar-refractivity contribution < 1.29 is 9.53 Å². The van der Waals surface area contributed by atoms with Crippen LogP contribution in [0.4, 0.5) is 5.69 Å². The predicted molar refractivity (Wildman–Crippen MR) is 91.1 cm³/mol. The van der Waals surface area contributed by atoms with E-state index in [-0.39, 0.29) is 5.91 Å². The zero-order valence-electron chi connectivity index (χ0n) is 13.5. The lowest BCUT2D eigenvalue weighted by Crippen LogP contribution is -2.13. The van der Waals surface area contributed by atoms with Gasteiger partial charge in [-0.3, -0.25) is 9.48 Å². The van der Waals surface area contributed by atoms with Crippen molar-refractivity contribution in [2.24, 2.45) is 0 Å². The number of rotatable bonds is 4. The lowest BCUT2D eigenvalue weighted by molar-refractivity contribution is 0.102. The number of benzene rings is 2. The van der Waals surface area contributed by atoms with Gasteiger partial charge < -0.3 is 10.1 Å². The molecule has 5 heteroatoms. The summed E-state index contributed by atoms with van der Waals surface area (Å²) in [4.78, 5) is 12.5. The number of carbonyl (C=O) groups is 1. The van der Waals surface area contributed by atoms with Gasteiger partial charge in [0.1, 0.15) is 5.75 Å². The Bertz CT molecular complexity index is 868. The minimum absolute atomic E-state index is 0.212. The predicted octanol–water partition coefficient (Wildman–Crippen LogP) is 3.63. The normalized spacial score (nSPS) is 10.7. The Morgan fingerprint density at radius 2 is 1.96 bits per heavy atom. The molecule has 0 unspecified atom stereocenters. The van der Waals surface area contributed by atoms with Crippen LogP contribution in [-0.4, -0.2) is 22.8 Å². The number of hydrogen-bond donors (Lipinski definition) is 1. The van der Waals surface area contributed by atoms with Crippen LogP contribution in [0.2, 0.25) is 0 Å². The van der Waals surface area contributed by atoms with Crippen LogP contribution in [0, 0.1) is 6.92 Å². The molecule has 1 amide bonds. The van der Waals surface area contributed by atoms with E-state index in [2.05, 4.69) is 10.4 Å². The van der Waals surface area contributed by atoms with Gasteiger partial charge in [0.25, 0.3) is 5.91 Å². The Hall–Kier alpha value is -2.82. The lowest BCUT2D eigenvalue weighted by atomic mass is 10.1. The van der Waals surface area contributed by atoms with E-state index in [9.17, 15) is 4.79 Å². The van der Waals surface area contributed by atoms with Crippen LogP contribution in [-0.2, 0) is 6.54 Å². The number of aryl methyl sites for hydroxylation is 2. The fraction of sp³-hybridized carbons (Fsp3) is 0.222. The molecule has 0 aliphatic carbocycles. The molecular weight excluding hydrogens is 290 g/mol. The summed E-state index contributed by atoms with van der Waals surface area (Å²) < 4.78 is 7.18. The van der Waals surface area contributed by atoms with Crippen LogP contribution < -0.4 is 10.1 Å². The summed E-state index contributed by atoms with van der Waals surface area (Å²) in [5.74, 6) is 0.570. The summed E-state index contributed by atoms with van der Waals surface area (Å²) in [5.41, 5.74) is 2.14. The van der Waals surface area contributed by atoms with Crippen molar-refractivity contribution in [1.82, 2.24) is 9.78 Å². The number of nitrogens with one attached hydrogen (secondary N) is 1. The maximum atomic E-state index is 12.5. The highest BCUT2D eigenvalue weighted by molar-refractivity contribution is 6.09. The summed E-state index contributed by atoms with van der Waals surface area (Å²) >= 11 is 0. The smallest absolute Gasteiger partial charge is 0.276 e. The van der Waals surface area contributed by atoms with E-state index < -0.39 is 0 Å². The van der Waals surface area contributed by atoms with Crippen LogP contribution in [0.25, 0.3) is 10.8 Å². The van der Waals surface area contributed by atoms with Gasteiger partial charge in [0.2, 0.25) is 0 Å². The lowest BCUT2D eigenvalue weighted by Gasteiger charge is -2.11. The van der Waals surface area contributed by atoms with Gasteiger partial charge in [-0.05, 0) is 32.0 Å². The molecule has 2 aromatic carbocycles. The first-order valence-corrected chi connectivity index (χ1v) is 7.55. The van der Waals surface area contributed by atoms with E-state index in [1.54, 1.807) is 17.9 Å². The quantitative estimate of drug-likeness (QED) is 0.800. The second-order valence-electron chi connectivity index (χ2n) is 5.30. The second kappa shape index (κ2) is 6.12. The third-order valence-electron chi connectivity index (χ3n) is 3.87. The van der Waals surface area contributed by atoms with Crippen molar-refractivity contribution in [3.05, 3.63) is 53.9 Å². The van der Waals surface area contributed by atoms with E-state index in [4.69, 9.17) is 4.74 Å². The van der Waals surface area contributed by atoms with Gasteiger partial charge in [-0.25, -0.2) is 0 Å². The van der Waals surface area contributed by atoms with Gasteiger partial charge in [0, 0.05) is 28.7 Å². The molecule has 0 saturated carbocycles. The molecule has 0 aliphatic heterocycles. The fourth-order valence-electron chi connectivity index (χ4n) is 2.69. The van der Waals surface area contributed by atoms with E-state index in [0.29, 0.717) is 5.69 Å². The van der Waals surface area contributed by atoms with Crippen LogP contribution in [0.5, 0.6) is 5.75 Å². The molecule has 3 aromatic rings. The first kappa shape index (κ1) is 15.1. The number of amides is 1. The van der Waals surface area contributed by atoms with Gasteiger partial charge in [-0.1, -0.05) is 24.3 Å². The molecule has 23 heavy (non-hydrogen) atoms. The summed E-state index contributed by atoms with van der Waals surface area (Å²) in [6.45, 7) is 4.68. The molecule has 0 atom stereocenters. The van der Waals surface area contributed by atoms with Gasteiger partial charge in [0.15, 0.2) is 5.69 Å². The second-order valence-corrected chi connectivity index (χ2v) is 5.30. The molecule has 1 N–H and O–H groups in total. The number of nitrogens with zero attached hydrogens (tertiary/aromatic N) is 2. The first-order chi connectivity index (χ1) is 11.1. The molecule has 0 spiro atoms. The molecule has 5 nitrogen and oxygen atoms in total. The Labute approximate surface area is 134 Å². The van der Waals surface area contributed by atoms with Crippen molar-refractivity contribution in [3.8, 4) is 5.75 Å². The van der Waals surface area contributed by atoms with E-state index in [0.717, 1.165) is 34.4 Å². The molecule has 0 bridgehead atoms. The third kappa shape index (κ3) is 2.77. The Morgan fingerprint density at radius 3 is 2.61 bits per heavy atom. The Balaban J connectivity index is 1.96. The van der Waals surface area contributed by atoms with E-state index in [1.807, 2.05) is 50.2 Å². The monoisotopic (exact) mass is 309 g/mol. The van der Waals surface area contributed by atoms with Crippen molar-refractivity contribution in [1.29, 1.82) is 0 Å². The number of fused-ring (bicyclic) bond motifs is 1. The average molecular weight is 309 g/mol. The van der Waals surface area contributed by atoms with Gasteiger partial charge >= 0.3 is 0 Å². The van der Waals surface area contributed by atoms with Gasteiger partial charge in [0.05, 0.1) is 7.11 Å². The maximum absolute atomic E-state index is 12.5. The molecule has 1 aromatic heterocycles. The number of aromatic nitrogens is 2. The minimum Gasteiger partial charge on any atom is -0.496 e. The SMILES string of the molecule is CCn1nc(C(=O)Nc2ccc(OC)c3ccccc23)cc1C. The highest BCUT2D eigenvalue weighted by Crippen LogP contribution is 2.31. The number of anilines is 1. The summed E-state index contributed by atoms with van der Waals surface area (Å²) in [5, 5.41) is 9.16. The minimum atomic E-state index is -0.212. The molecule has 118 valence electrons. The zero-order valence-corrected chi connectivity index (χ0v) is 13.5. The average Bonchev–Trinajstić information content (AvgIpc) is 2.96. The summed E-state index contributed by atoms with van der Waals surface area (Å²) in [7, 11) is 1.64. The van der Waals surface area contributed by atoms with Crippen molar-refractivity contribution in [2.75, 3.05) is 12.4 Å². The van der Waals surface area contributed by atoms with Gasteiger partial charge in [-0.2, -0.15) is 5.10 Å². The summed E-state index contributed by atoms with van der Waals surface area (Å²) in [6, 6.07) is 13.3. The molecule has 1 heterocycles.